The average Bonchev–Trinajstić information content (AvgIpc) is 2.88. The minimum absolute atomic E-state index is 0.179. The number of rotatable bonds is 10. The first-order valence-electron chi connectivity index (χ1n) is 11.7. The number of hydrogen-bond donors (Lipinski definition) is 2. The molecule has 2 N–H and O–H groups in total. The molecule has 0 saturated heterocycles. The Bertz CT molecular complexity index is 1230. The molecule has 0 unspecified atom stereocenters. The van der Waals surface area contributed by atoms with Crippen LogP contribution in [0.15, 0.2) is 78.9 Å². The second kappa shape index (κ2) is 11.7. The zero-order valence-electron chi connectivity index (χ0n) is 19.9. The minimum Gasteiger partial charge on any atom is -0.508 e. The lowest BCUT2D eigenvalue weighted by atomic mass is 10.1. The van der Waals surface area contributed by atoms with Crippen LogP contribution in [0.2, 0.25) is 5.15 Å². The summed E-state index contributed by atoms with van der Waals surface area (Å²) in [5, 5.41) is 13.4. The monoisotopic (exact) mass is 488 g/mol. The first-order valence-corrected chi connectivity index (χ1v) is 12.1. The number of ether oxygens (including phenoxy) is 1. The van der Waals surface area contributed by atoms with E-state index in [0.29, 0.717) is 29.0 Å². The molecule has 0 atom stereocenters. The lowest BCUT2D eigenvalue weighted by molar-refractivity contribution is 0.223. The molecule has 6 nitrogen and oxygen atoms in total. The van der Waals surface area contributed by atoms with Gasteiger partial charge in [0, 0.05) is 17.8 Å². The Hall–Kier alpha value is -3.61. The molecule has 0 aliphatic carbocycles. The fraction of sp³-hybridized carbons (Fsp3) is 0.214. The smallest absolute Gasteiger partial charge is 0.163 e. The predicted octanol–water partition coefficient (Wildman–Crippen LogP) is 6.63. The molecule has 0 aliphatic rings. The standard InChI is InChI=1S/C28H29ClN4O2/c1-3-33(4-2)18-19-35-24-16-12-22(13-17-24)30-28-25(20-8-6-5-7-9-20)26(29)31-27(32-28)21-10-14-23(34)15-11-21/h5-17,34H,3-4,18-19H2,1-2H3,(H,30,31,32). The van der Waals surface area contributed by atoms with Crippen LogP contribution in [-0.2, 0) is 0 Å². The van der Waals surface area contributed by atoms with Crippen molar-refractivity contribution < 1.29 is 9.84 Å². The summed E-state index contributed by atoms with van der Waals surface area (Å²) >= 11 is 6.68. The maximum absolute atomic E-state index is 9.64. The number of nitrogens with zero attached hydrogens (tertiary/aromatic N) is 3. The van der Waals surface area contributed by atoms with Crippen LogP contribution in [0, 0.1) is 0 Å². The number of benzene rings is 3. The Morgan fingerprint density at radius 2 is 1.54 bits per heavy atom. The quantitative estimate of drug-likeness (QED) is 0.244. The Morgan fingerprint density at radius 1 is 0.857 bits per heavy atom. The Kier molecular flexibility index (Phi) is 8.19. The second-order valence-electron chi connectivity index (χ2n) is 8.00. The molecule has 1 heterocycles. The van der Waals surface area contributed by atoms with Crippen LogP contribution >= 0.6 is 11.6 Å². The van der Waals surface area contributed by atoms with Gasteiger partial charge < -0.3 is 20.1 Å². The van der Waals surface area contributed by atoms with E-state index >= 15 is 0 Å². The third-order valence-corrected chi connectivity index (χ3v) is 6.01. The Labute approximate surface area is 211 Å². The number of halogens is 1. The molecule has 0 radical (unpaired) electrons. The molecule has 0 aliphatic heterocycles. The van der Waals surface area contributed by atoms with E-state index in [9.17, 15) is 5.11 Å². The van der Waals surface area contributed by atoms with Gasteiger partial charge in [0.2, 0.25) is 0 Å². The van der Waals surface area contributed by atoms with E-state index in [0.717, 1.165) is 42.2 Å². The second-order valence-corrected chi connectivity index (χ2v) is 8.36. The highest BCUT2D eigenvalue weighted by Crippen LogP contribution is 2.36. The molecule has 0 bridgehead atoms. The van der Waals surface area contributed by atoms with Gasteiger partial charge in [-0.25, -0.2) is 9.97 Å². The van der Waals surface area contributed by atoms with Crippen LogP contribution in [0.5, 0.6) is 11.5 Å². The number of aromatic nitrogens is 2. The van der Waals surface area contributed by atoms with Crippen LogP contribution in [0.1, 0.15) is 13.8 Å². The zero-order valence-corrected chi connectivity index (χ0v) is 20.7. The highest BCUT2D eigenvalue weighted by Gasteiger charge is 2.16. The summed E-state index contributed by atoms with van der Waals surface area (Å²) in [6.45, 7) is 7.87. The van der Waals surface area contributed by atoms with E-state index in [2.05, 4.69) is 29.0 Å². The molecule has 7 heteroatoms. The van der Waals surface area contributed by atoms with Crippen molar-refractivity contribution in [2.75, 3.05) is 31.6 Å². The van der Waals surface area contributed by atoms with E-state index in [4.69, 9.17) is 21.3 Å². The summed E-state index contributed by atoms with van der Waals surface area (Å²) in [6.07, 6.45) is 0. The van der Waals surface area contributed by atoms with E-state index in [1.165, 1.54) is 0 Å². The molecule has 0 saturated carbocycles. The lowest BCUT2D eigenvalue weighted by Crippen LogP contribution is -2.27. The number of hydrogen-bond acceptors (Lipinski definition) is 6. The molecule has 4 rings (SSSR count). The number of phenols is 1. The first-order chi connectivity index (χ1) is 17.1. The van der Waals surface area contributed by atoms with Crippen molar-refractivity contribution in [2.45, 2.75) is 13.8 Å². The maximum atomic E-state index is 9.64. The number of phenolic OH excluding ortho intramolecular Hbond substituents is 1. The van der Waals surface area contributed by atoms with Crippen LogP contribution in [0.3, 0.4) is 0 Å². The van der Waals surface area contributed by atoms with Crippen LogP contribution in [0.4, 0.5) is 11.5 Å². The third kappa shape index (κ3) is 6.29. The number of anilines is 2. The van der Waals surface area contributed by atoms with Gasteiger partial charge in [-0.2, -0.15) is 0 Å². The average molecular weight is 489 g/mol. The highest BCUT2D eigenvalue weighted by atomic mass is 35.5. The Balaban J connectivity index is 1.60. The molecular weight excluding hydrogens is 460 g/mol. The normalized spacial score (nSPS) is 11.0. The molecule has 4 aromatic rings. The van der Waals surface area contributed by atoms with Gasteiger partial charge in [0.05, 0.1) is 5.56 Å². The lowest BCUT2D eigenvalue weighted by Gasteiger charge is -2.18. The van der Waals surface area contributed by atoms with Gasteiger partial charge in [0.1, 0.15) is 29.1 Å². The summed E-state index contributed by atoms with van der Waals surface area (Å²) in [5.74, 6) is 2.05. The van der Waals surface area contributed by atoms with Crippen molar-refractivity contribution in [3.8, 4) is 34.0 Å². The van der Waals surface area contributed by atoms with Crippen molar-refractivity contribution in [2.24, 2.45) is 0 Å². The molecule has 0 spiro atoms. The Morgan fingerprint density at radius 3 is 2.20 bits per heavy atom. The number of likely N-dealkylation sites (N-methyl/N-ethyl adjacent to an activating group) is 1. The van der Waals surface area contributed by atoms with E-state index in [1.807, 2.05) is 54.6 Å². The molecule has 35 heavy (non-hydrogen) atoms. The summed E-state index contributed by atoms with van der Waals surface area (Å²) in [5.41, 5.74) is 3.23. The van der Waals surface area contributed by atoms with E-state index in [1.54, 1.807) is 24.3 Å². The first kappa shape index (κ1) is 24.5. The fourth-order valence-electron chi connectivity index (χ4n) is 3.73. The van der Waals surface area contributed by atoms with Crippen molar-refractivity contribution >= 4 is 23.1 Å². The largest absolute Gasteiger partial charge is 0.508 e. The van der Waals surface area contributed by atoms with Crippen LogP contribution in [0.25, 0.3) is 22.5 Å². The van der Waals surface area contributed by atoms with Gasteiger partial charge >= 0.3 is 0 Å². The van der Waals surface area contributed by atoms with Gasteiger partial charge in [-0.1, -0.05) is 55.8 Å². The number of nitrogens with one attached hydrogen (secondary N) is 1. The van der Waals surface area contributed by atoms with Gasteiger partial charge in [-0.15, -0.1) is 0 Å². The van der Waals surface area contributed by atoms with Crippen molar-refractivity contribution in [1.29, 1.82) is 0 Å². The predicted molar refractivity (Wildman–Crippen MR) is 143 cm³/mol. The zero-order chi connectivity index (χ0) is 24.6. The SMILES string of the molecule is CCN(CC)CCOc1ccc(Nc2nc(-c3ccc(O)cc3)nc(Cl)c2-c2ccccc2)cc1. The van der Waals surface area contributed by atoms with E-state index < -0.39 is 0 Å². The van der Waals surface area contributed by atoms with Crippen molar-refractivity contribution in [3.05, 3.63) is 84.0 Å². The van der Waals surface area contributed by atoms with Gasteiger partial charge in [-0.05, 0) is 67.2 Å². The van der Waals surface area contributed by atoms with Gasteiger partial charge in [0.25, 0.3) is 0 Å². The molecular formula is C28H29ClN4O2. The maximum Gasteiger partial charge on any atom is 0.163 e. The van der Waals surface area contributed by atoms with Crippen LogP contribution in [-0.4, -0.2) is 46.2 Å². The van der Waals surface area contributed by atoms with Crippen molar-refractivity contribution in [1.82, 2.24) is 14.9 Å². The highest BCUT2D eigenvalue weighted by molar-refractivity contribution is 6.33. The van der Waals surface area contributed by atoms with E-state index in [-0.39, 0.29) is 5.75 Å². The summed E-state index contributed by atoms with van der Waals surface area (Å²) in [7, 11) is 0. The molecule has 3 aromatic carbocycles. The summed E-state index contributed by atoms with van der Waals surface area (Å²) in [4.78, 5) is 11.7. The van der Waals surface area contributed by atoms with Gasteiger partial charge in [-0.3, -0.25) is 0 Å². The number of aromatic hydroxyl groups is 1. The van der Waals surface area contributed by atoms with Crippen molar-refractivity contribution in [3.63, 3.8) is 0 Å². The molecule has 180 valence electrons. The topological polar surface area (TPSA) is 70.5 Å². The fourth-order valence-corrected chi connectivity index (χ4v) is 4.01. The third-order valence-electron chi connectivity index (χ3n) is 5.74. The molecule has 1 aromatic heterocycles. The van der Waals surface area contributed by atoms with Gasteiger partial charge in [0.15, 0.2) is 5.82 Å². The van der Waals surface area contributed by atoms with Crippen LogP contribution < -0.4 is 10.1 Å². The molecule has 0 amide bonds. The molecule has 0 fully saturated rings. The minimum atomic E-state index is 0.179. The summed E-state index contributed by atoms with van der Waals surface area (Å²) in [6, 6.07) is 24.3. The summed E-state index contributed by atoms with van der Waals surface area (Å²) < 4.78 is 5.91.